The first kappa shape index (κ1) is 19.8. The van der Waals surface area contributed by atoms with Gasteiger partial charge in [0.1, 0.15) is 11.6 Å². The Morgan fingerprint density at radius 2 is 1.64 bits per heavy atom. The number of rotatable bonds is 4. The van der Waals surface area contributed by atoms with E-state index in [1.807, 2.05) is 6.92 Å². The summed E-state index contributed by atoms with van der Waals surface area (Å²) in [7, 11) is 0. The monoisotopic (exact) mass is 387 g/mol. The van der Waals surface area contributed by atoms with Crippen molar-refractivity contribution in [1.82, 2.24) is 10.2 Å². The minimum atomic E-state index is -0.710. The number of hydrogen-bond acceptors (Lipinski definition) is 2. The normalized spacial score (nSPS) is 19.2. The average molecular weight is 387 g/mol. The van der Waals surface area contributed by atoms with Crippen LogP contribution in [-0.2, 0) is 11.3 Å². The zero-order valence-electron chi connectivity index (χ0n) is 15.7. The van der Waals surface area contributed by atoms with Crippen LogP contribution in [0.25, 0.3) is 0 Å². The lowest BCUT2D eigenvalue weighted by molar-refractivity contribution is -0.132. The number of nitrogens with zero attached hydrogens (tertiary/aromatic N) is 1. The van der Waals surface area contributed by atoms with E-state index in [0.29, 0.717) is 31.6 Å². The molecule has 0 spiro atoms. The Labute approximate surface area is 162 Å². The van der Waals surface area contributed by atoms with Crippen molar-refractivity contribution < 1.29 is 18.4 Å². The molecule has 1 heterocycles. The second-order valence-electron chi connectivity index (χ2n) is 7.33. The van der Waals surface area contributed by atoms with Crippen LogP contribution in [0.1, 0.15) is 25.3 Å². The molecule has 1 atom stereocenters. The van der Waals surface area contributed by atoms with Gasteiger partial charge in [-0.3, -0.25) is 4.79 Å². The molecule has 2 aromatic rings. The Morgan fingerprint density at radius 3 is 2.29 bits per heavy atom. The van der Waals surface area contributed by atoms with Gasteiger partial charge >= 0.3 is 6.03 Å². The fourth-order valence-electron chi connectivity index (χ4n) is 3.33. The van der Waals surface area contributed by atoms with Crippen LogP contribution in [-0.4, -0.2) is 29.9 Å². The molecule has 0 bridgehead atoms. The first-order chi connectivity index (χ1) is 13.4. The molecular weight excluding hydrogens is 364 g/mol. The fourth-order valence-corrected chi connectivity index (χ4v) is 3.33. The number of urea groups is 1. The third-order valence-corrected chi connectivity index (χ3v) is 4.99. The van der Waals surface area contributed by atoms with Crippen LogP contribution in [0.5, 0.6) is 0 Å². The number of amides is 3. The summed E-state index contributed by atoms with van der Waals surface area (Å²) in [5.41, 5.74) is 0.595. The standard InChI is InChI=1S/C21H23F2N3O2/c1-21(19(27)24-13-15-3-5-16(22)6-4-15)11-2-12-26(14-21)20(28)25-18-9-7-17(23)8-10-18/h3-10H,2,11-14H2,1H3,(H,24,27)(H,25,28)/t21-/m0/s1. The molecule has 1 aliphatic heterocycles. The van der Waals surface area contributed by atoms with Crippen molar-refractivity contribution in [2.24, 2.45) is 5.41 Å². The van der Waals surface area contributed by atoms with E-state index in [0.717, 1.165) is 5.56 Å². The first-order valence-corrected chi connectivity index (χ1v) is 9.20. The van der Waals surface area contributed by atoms with Gasteiger partial charge in [0, 0.05) is 25.3 Å². The summed E-state index contributed by atoms with van der Waals surface area (Å²) >= 11 is 0. The van der Waals surface area contributed by atoms with Crippen molar-refractivity contribution >= 4 is 17.6 Å². The topological polar surface area (TPSA) is 61.4 Å². The largest absolute Gasteiger partial charge is 0.351 e. The molecule has 0 aromatic heterocycles. The average Bonchev–Trinajstić information content (AvgIpc) is 2.69. The van der Waals surface area contributed by atoms with Crippen LogP contribution in [0, 0.1) is 17.0 Å². The van der Waals surface area contributed by atoms with Gasteiger partial charge in [0.15, 0.2) is 0 Å². The highest BCUT2D eigenvalue weighted by Gasteiger charge is 2.39. The number of carbonyl (C=O) groups is 2. The molecule has 1 fully saturated rings. The lowest BCUT2D eigenvalue weighted by Gasteiger charge is -2.39. The molecule has 0 aliphatic carbocycles. The van der Waals surface area contributed by atoms with Crippen molar-refractivity contribution in [2.75, 3.05) is 18.4 Å². The molecule has 7 heteroatoms. The molecule has 3 amide bonds. The number of hydrogen-bond donors (Lipinski definition) is 2. The Hall–Kier alpha value is -2.96. The number of piperidine rings is 1. The lowest BCUT2D eigenvalue weighted by atomic mass is 9.81. The van der Waals surface area contributed by atoms with Gasteiger partial charge in [0.25, 0.3) is 0 Å². The van der Waals surface area contributed by atoms with Crippen molar-refractivity contribution in [1.29, 1.82) is 0 Å². The molecular formula is C21H23F2N3O2. The summed E-state index contributed by atoms with van der Waals surface area (Å²) < 4.78 is 26.0. The predicted octanol–water partition coefficient (Wildman–Crippen LogP) is 3.92. The summed E-state index contributed by atoms with van der Waals surface area (Å²) in [5.74, 6) is -0.838. The number of benzene rings is 2. The van der Waals surface area contributed by atoms with Gasteiger partial charge in [0.2, 0.25) is 5.91 Å². The molecule has 1 saturated heterocycles. The molecule has 148 valence electrons. The van der Waals surface area contributed by atoms with E-state index < -0.39 is 5.41 Å². The van der Waals surface area contributed by atoms with Crippen LogP contribution in [0.4, 0.5) is 19.3 Å². The van der Waals surface area contributed by atoms with Crippen LogP contribution < -0.4 is 10.6 Å². The number of halogens is 2. The number of likely N-dealkylation sites (tertiary alicyclic amines) is 1. The summed E-state index contributed by atoms with van der Waals surface area (Å²) in [4.78, 5) is 26.9. The lowest BCUT2D eigenvalue weighted by Crippen LogP contribution is -2.52. The van der Waals surface area contributed by atoms with Gasteiger partial charge in [-0.2, -0.15) is 0 Å². The highest BCUT2D eigenvalue weighted by molar-refractivity contribution is 5.90. The van der Waals surface area contributed by atoms with Crippen LogP contribution in [0.3, 0.4) is 0 Å². The molecule has 0 saturated carbocycles. The van der Waals surface area contributed by atoms with E-state index in [-0.39, 0.29) is 30.1 Å². The fraction of sp³-hybridized carbons (Fsp3) is 0.333. The summed E-state index contributed by atoms with van der Waals surface area (Å²) in [6.07, 6.45) is 1.37. The minimum Gasteiger partial charge on any atom is -0.351 e. The van der Waals surface area contributed by atoms with Crippen molar-refractivity contribution in [2.45, 2.75) is 26.3 Å². The molecule has 0 radical (unpaired) electrons. The van der Waals surface area contributed by atoms with Gasteiger partial charge in [-0.25, -0.2) is 13.6 Å². The zero-order valence-corrected chi connectivity index (χ0v) is 15.7. The van der Waals surface area contributed by atoms with E-state index in [1.54, 1.807) is 17.0 Å². The maximum absolute atomic E-state index is 13.0. The van der Waals surface area contributed by atoms with Crippen LogP contribution >= 0.6 is 0 Å². The maximum atomic E-state index is 13.0. The summed E-state index contributed by atoms with van der Waals surface area (Å²) in [6.45, 7) is 2.98. The van der Waals surface area contributed by atoms with Crippen LogP contribution in [0.2, 0.25) is 0 Å². The Morgan fingerprint density at radius 1 is 1.04 bits per heavy atom. The van der Waals surface area contributed by atoms with Crippen LogP contribution in [0.15, 0.2) is 48.5 Å². The predicted molar refractivity (Wildman–Crippen MR) is 103 cm³/mol. The SMILES string of the molecule is C[C@]1(C(=O)NCc2ccc(F)cc2)CCCN(C(=O)Nc2ccc(F)cc2)C1. The van der Waals surface area contributed by atoms with E-state index >= 15 is 0 Å². The van der Waals surface area contributed by atoms with E-state index in [2.05, 4.69) is 10.6 Å². The zero-order chi connectivity index (χ0) is 20.1. The number of carbonyl (C=O) groups excluding carboxylic acids is 2. The maximum Gasteiger partial charge on any atom is 0.321 e. The van der Waals surface area contributed by atoms with Gasteiger partial charge in [-0.15, -0.1) is 0 Å². The Balaban J connectivity index is 1.58. The van der Waals surface area contributed by atoms with Crippen molar-refractivity contribution in [3.63, 3.8) is 0 Å². The van der Waals surface area contributed by atoms with Gasteiger partial charge < -0.3 is 15.5 Å². The minimum absolute atomic E-state index is 0.142. The Bertz CT molecular complexity index is 840. The number of nitrogens with one attached hydrogen (secondary N) is 2. The van der Waals surface area contributed by atoms with E-state index in [9.17, 15) is 18.4 Å². The number of anilines is 1. The van der Waals surface area contributed by atoms with Crippen molar-refractivity contribution in [3.8, 4) is 0 Å². The molecule has 2 aromatic carbocycles. The smallest absolute Gasteiger partial charge is 0.321 e. The highest BCUT2D eigenvalue weighted by Crippen LogP contribution is 2.30. The summed E-state index contributed by atoms with van der Waals surface area (Å²) in [6, 6.07) is 11.2. The summed E-state index contributed by atoms with van der Waals surface area (Å²) in [5, 5.41) is 5.61. The third-order valence-electron chi connectivity index (χ3n) is 4.99. The molecule has 2 N–H and O–H groups in total. The Kier molecular flexibility index (Phi) is 5.92. The molecule has 28 heavy (non-hydrogen) atoms. The van der Waals surface area contributed by atoms with Crippen molar-refractivity contribution in [3.05, 3.63) is 65.7 Å². The van der Waals surface area contributed by atoms with Gasteiger partial charge in [0.05, 0.1) is 5.41 Å². The van der Waals surface area contributed by atoms with E-state index in [1.165, 1.54) is 36.4 Å². The van der Waals surface area contributed by atoms with E-state index in [4.69, 9.17) is 0 Å². The van der Waals surface area contributed by atoms with Gasteiger partial charge in [-0.1, -0.05) is 12.1 Å². The molecule has 1 aliphatic rings. The second kappa shape index (κ2) is 8.37. The first-order valence-electron chi connectivity index (χ1n) is 9.20. The second-order valence-corrected chi connectivity index (χ2v) is 7.33. The molecule has 5 nitrogen and oxygen atoms in total. The molecule has 0 unspecified atom stereocenters. The third kappa shape index (κ3) is 4.85. The highest BCUT2D eigenvalue weighted by atomic mass is 19.1. The van der Waals surface area contributed by atoms with Gasteiger partial charge in [-0.05, 0) is 61.7 Å². The quantitative estimate of drug-likeness (QED) is 0.836. The molecule has 3 rings (SSSR count).